The molecule has 3 amide bonds. The van der Waals surface area contributed by atoms with Crippen molar-refractivity contribution in [1.82, 2.24) is 5.32 Å². The summed E-state index contributed by atoms with van der Waals surface area (Å²) in [6, 6.07) is 15.7. The SMILES string of the molecule is CC(C)Oc1ccc(/C=C2/NC(=O)N(c3ccccc3)C2=O)cc1. The van der Waals surface area contributed by atoms with Crippen molar-refractivity contribution < 1.29 is 14.3 Å². The molecule has 3 rings (SSSR count). The average Bonchev–Trinajstić information content (AvgIpc) is 2.83. The van der Waals surface area contributed by atoms with E-state index in [1.807, 2.05) is 44.2 Å². The van der Waals surface area contributed by atoms with Gasteiger partial charge in [0.15, 0.2) is 0 Å². The van der Waals surface area contributed by atoms with Gasteiger partial charge >= 0.3 is 6.03 Å². The van der Waals surface area contributed by atoms with Gasteiger partial charge < -0.3 is 10.1 Å². The van der Waals surface area contributed by atoms with Gasteiger partial charge in [-0.2, -0.15) is 0 Å². The Labute approximate surface area is 140 Å². The number of anilines is 1. The number of benzene rings is 2. The number of para-hydroxylation sites is 1. The third-order valence-electron chi connectivity index (χ3n) is 3.46. The zero-order valence-corrected chi connectivity index (χ0v) is 13.5. The van der Waals surface area contributed by atoms with E-state index in [1.165, 1.54) is 0 Å². The maximum absolute atomic E-state index is 12.5. The molecule has 2 aromatic rings. The van der Waals surface area contributed by atoms with Gasteiger partial charge in [-0.25, -0.2) is 9.69 Å². The molecule has 0 bridgehead atoms. The highest BCUT2D eigenvalue weighted by Crippen LogP contribution is 2.22. The van der Waals surface area contributed by atoms with Crippen molar-refractivity contribution in [2.24, 2.45) is 0 Å². The van der Waals surface area contributed by atoms with Gasteiger partial charge in [0, 0.05) is 0 Å². The van der Waals surface area contributed by atoms with Gasteiger partial charge in [0.25, 0.3) is 5.91 Å². The number of rotatable bonds is 4. The summed E-state index contributed by atoms with van der Waals surface area (Å²) in [6.07, 6.45) is 1.76. The van der Waals surface area contributed by atoms with Crippen LogP contribution in [0.3, 0.4) is 0 Å². The molecule has 0 aromatic heterocycles. The molecule has 0 aliphatic carbocycles. The maximum atomic E-state index is 12.5. The first kappa shape index (κ1) is 15.8. The molecule has 5 heteroatoms. The summed E-state index contributed by atoms with van der Waals surface area (Å²) in [6.45, 7) is 3.92. The number of urea groups is 1. The molecule has 0 saturated carbocycles. The number of nitrogens with zero attached hydrogens (tertiary/aromatic N) is 1. The molecule has 1 aliphatic rings. The van der Waals surface area contributed by atoms with Gasteiger partial charge in [0.2, 0.25) is 0 Å². The number of hydrogen-bond acceptors (Lipinski definition) is 3. The van der Waals surface area contributed by atoms with Crippen LogP contribution >= 0.6 is 0 Å². The smallest absolute Gasteiger partial charge is 0.333 e. The van der Waals surface area contributed by atoms with Crippen LogP contribution in [-0.4, -0.2) is 18.0 Å². The predicted molar refractivity (Wildman–Crippen MR) is 92.6 cm³/mol. The Morgan fingerprint density at radius 2 is 1.67 bits per heavy atom. The minimum Gasteiger partial charge on any atom is -0.491 e. The number of carbonyl (C=O) groups excluding carboxylic acids is 2. The Balaban J connectivity index is 1.81. The summed E-state index contributed by atoms with van der Waals surface area (Å²) in [4.78, 5) is 25.7. The van der Waals surface area contributed by atoms with E-state index in [2.05, 4.69) is 5.32 Å². The summed E-state index contributed by atoms with van der Waals surface area (Å²) < 4.78 is 5.59. The van der Waals surface area contributed by atoms with Crippen molar-refractivity contribution >= 4 is 23.7 Å². The van der Waals surface area contributed by atoms with E-state index >= 15 is 0 Å². The summed E-state index contributed by atoms with van der Waals surface area (Å²) in [7, 11) is 0. The Morgan fingerprint density at radius 3 is 2.29 bits per heavy atom. The van der Waals surface area contributed by atoms with Crippen molar-refractivity contribution in [2.45, 2.75) is 20.0 Å². The van der Waals surface area contributed by atoms with Crippen molar-refractivity contribution in [3.63, 3.8) is 0 Å². The van der Waals surface area contributed by atoms with Crippen LogP contribution in [0.15, 0.2) is 60.3 Å². The van der Waals surface area contributed by atoms with E-state index in [0.717, 1.165) is 16.2 Å². The van der Waals surface area contributed by atoms with E-state index < -0.39 is 6.03 Å². The molecule has 2 aromatic carbocycles. The molecule has 0 atom stereocenters. The van der Waals surface area contributed by atoms with Gasteiger partial charge in [-0.15, -0.1) is 0 Å². The van der Waals surface area contributed by atoms with Crippen molar-refractivity contribution in [2.75, 3.05) is 4.90 Å². The van der Waals surface area contributed by atoms with Crippen LogP contribution in [0.25, 0.3) is 6.08 Å². The lowest BCUT2D eigenvalue weighted by Crippen LogP contribution is -2.30. The van der Waals surface area contributed by atoms with Crippen molar-refractivity contribution in [1.29, 1.82) is 0 Å². The van der Waals surface area contributed by atoms with E-state index in [0.29, 0.717) is 5.69 Å². The molecule has 1 aliphatic heterocycles. The second kappa shape index (κ2) is 6.58. The second-order valence-corrected chi connectivity index (χ2v) is 5.70. The van der Waals surface area contributed by atoms with Crippen LogP contribution in [0.5, 0.6) is 5.75 Å². The fourth-order valence-corrected chi connectivity index (χ4v) is 2.43. The highest BCUT2D eigenvalue weighted by atomic mass is 16.5. The van der Waals surface area contributed by atoms with Gasteiger partial charge in [0.05, 0.1) is 11.8 Å². The minimum absolute atomic E-state index is 0.101. The number of carbonyl (C=O) groups is 2. The van der Waals surface area contributed by atoms with Crippen LogP contribution in [-0.2, 0) is 4.79 Å². The summed E-state index contributed by atoms with van der Waals surface area (Å²) >= 11 is 0. The summed E-state index contributed by atoms with van der Waals surface area (Å²) in [5, 5.41) is 2.61. The third-order valence-corrected chi connectivity index (χ3v) is 3.46. The highest BCUT2D eigenvalue weighted by Gasteiger charge is 2.34. The molecule has 0 spiro atoms. The Bertz CT molecular complexity index is 780. The van der Waals surface area contributed by atoms with Crippen LogP contribution in [0.1, 0.15) is 19.4 Å². The number of imide groups is 1. The van der Waals surface area contributed by atoms with Crippen molar-refractivity contribution in [3.05, 3.63) is 65.9 Å². The van der Waals surface area contributed by atoms with Gasteiger partial charge in [0.1, 0.15) is 11.4 Å². The van der Waals surface area contributed by atoms with Crippen LogP contribution in [0, 0.1) is 0 Å². The standard InChI is InChI=1S/C19H18N2O3/c1-13(2)24-16-10-8-14(9-11-16)12-17-18(22)21(19(23)20-17)15-6-4-3-5-7-15/h3-13H,1-2H3,(H,20,23)/b17-12+. The zero-order valence-electron chi connectivity index (χ0n) is 13.5. The largest absolute Gasteiger partial charge is 0.491 e. The molecule has 0 radical (unpaired) electrons. The molecule has 1 N–H and O–H groups in total. The molecule has 1 fully saturated rings. The topological polar surface area (TPSA) is 58.6 Å². The van der Waals surface area contributed by atoms with Crippen LogP contribution in [0.4, 0.5) is 10.5 Å². The van der Waals surface area contributed by atoms with E-state index in [-0.39, 0.29) is 17.7 Å². The maximum Gasteiger partial charge on any atom is 0.333 e. The molecule has 122 valence electrons. The number of nitrogens with one attached hydrogen (secondary N) is 1. The zero-order chi connectivity index (χ0) is 17.1. The molecule has 1 heterocycles. The molecule has 24 heavy (non-hydrogen) atoms. The van der Waals surface area contributed by atoms with Crippen LogP contribution < -0.4 is 15.0 Å². The lowest BCUT2D eigenvalue weighted by atomic mass is 10.2. The van der Waals surface area contributed by atoms with Gasteiger partial charge in [-0.1, -0.05) is 30.3 Å². The first-order valence-corrected chi connectivity index (χ1v) is 7.73. The average molecular weight is 322 g/mol. The monoisotopic (exact) mass is 322 g/mol. The Hall–Kier alpha value is -3.08. The van der Waals surface area contributed by atoms with Gasteiger partial charge in [-0.3, -0.25) is 4.79 Å². The van der Waals surface area contributed by atoms with E-state index in [9.17, 15) is 9.59 Å². The predicted octanol–water partition coefficient (Wildman–Crippen LogP) is 3.57. The number of hydrogen-bond donors (Lipinski definition) is 1. The lowest BCUT2D eigenvalue weighted by molar-refractivity contribution is -0.113. The lowest BCUT2D eigenvalue weighted by Gasteiger charge is -2.11. The fourth-order valence-electron chi connectivity index (χ4n) is 2.43. The van der Waals surface area contributed by atoms with Crippen molar-refractivity contribution in [3.8, 4) is 5.75 Å². The second-order valence-electron chi connectivity index (χ2n) is 5.70. The molecule has 1 saturated heterocycles. The molecule has 0 unspecified atom stereocenters. The Kier molecular flexibility index (Phi) is 4.33. The summed E-state index contributed by atoms with van der Waals surface area (Å²) in [5.41, 5.74) is 1.61. The summed E-state index contributed by atoms with van der Waals surface area (Å²) in [5.74, 6) is 0.397. The number of amides is 3. The fraction of sp³-hybridized carbons (Fsp3) is 0.158. The molecule has 5 nitrogen and oxygen atoms in total. The normalized spacial score (nSPS) is 16.0. The van der Waals surface area contributed by atoms with E-state index in [4.69, 9.17) is 4.74 Å². The first-order chi connectivity index (χ1) is 11.5. The number of ether oxygens (including phenoxy) is 1. The first-order valence-electron chi connectivity index (χ1n) is 7.73. The molecular formula is C19H18N2O3. The van der Waals surface area contributed by atoms with Crippen LogP contribution in [0.2, 0.25) is 0 Å². The minimum atomic E-state index is -0.447. The molecular weight excluding hydrogens is 304 g/mol. The Morgan fingerprint density at radius 1 is 1.00 bits per heavy atom. The third kappa shape index (κ3) is 3.30. The van der Waals surface area contributed by atoms with Gasteiger partial charge in [-0.05, 0) is 49.8 Å². The van der Waals surface area contributed by atoms with E-state index in [1.54, 1.807) is 30.3 Å². The highest BCUT2D eigenvalue weighted by molar-refractivity contribution is 6.28. The quantitative estimate of drug-likeness (QED) is 0.691.